The van der Waals surface area contributed by atoms with Crippen LogP contribution in [0, 0.1) is 5.92 Å². The molecule has 0 radical (unpaired) electrons. The highest BCUT2D eigenvalue weighted by molar-refractivity contribution is 7.20. The molecule has 0 aliphatic carbocycles. The van der Waals surface area contributed by atoms with E-state index in [1.807, 2.05) is 38.1 Å². The molecule has 1 aromatic carbocycles. The Kier molecular flexibility index (Phi) is 7.74. The Bertz CT molecular complexity index is 894. The summed E-state index contributed by atoms with van der Waals surface area (Å²) in [7, 11) is 0. The van der Waals surface area contributed by atoms with E-state index in [1.54, 1.807) is 6.07 Å². The third-order valence-corrected chi connectivity index (χ3v) is 5.35. The molecule has 1 unspecified atom stereocenters. The zero-order valence-electron chi connectivity index (χ0n) is 16.4. The third-order valence-electron chi connectivity index (χ3n) is 4.26. The Morgan fingerprint density at radius 1 is 1.17 bits per heavy atom. The van der Waals surface area contributed by atoms with Crippen molar-refractivity contribution in [2.75, 3.05) is 11.9 Å². The molecule has 0 bridgehead atoms. The van der Waals surface area contributed by atoms with Gasteiger partial charge < -0.3 is 21.9 Å². The van der Waals surface area contributed by atoms with Gasteiger partial charge in [0, 0.05) is 4.88 Å². The number of nitrogens with one attached hydrogen (secondary N) is 2. The number of rotatable bonds is 10. The third kappa shape index (κ3) is 6.58. The molecule has 0 spiro atoms. The van der Waals surface area contributed by atoms with Gasteiger partial charge in [0.25, 0.3) is 5.91 Å². The van der Waals surface area contributed by atoms with Crippen molar-refractivity contribution in [3.8, 4) is 10.4 Å². The fourth-order valence-corrected chi connectivity index (χ4v) is 4.00. The zero-order chi connectivity index (χ0) is 21.6. The predicted molar refractivity (Wildman–Crippen MR) is 114 cm³/mol. The van der Waals surface area contributed by atoms with E-state index >= 15 is 0 Å². The van der Waals surface area contributed by atoms with E-state index in [4.69, 9.17) is 11.5 Å². The maximum absolute atomic E-state index is 11.6. The van der Waals surface area contributed by atoms with Crippen LogP contribution in [-0.2, 0) is 11.2 Å². The Hall–Kier alpha value is -2.91. The molecular weight excluding hydrogens is 392 g/mol. The Morgan fingerprint density at radius 3 is 2.48 bits per heavy atom. The van der Waals surface area contributed by atoms with Gasteiger partial charge >= 0.3 is 12.0 Å². The normalized spacial score (nSPS) is 12.0. The van der Waals surface area contributed by atoms with Gasteiger partial charge in [0.2, 0.25) is 0 Å². The van der Waals surface area contributed by atoms with Crippen LogP contribution in [0.15, 0.2) is 30.3 Å². The van der Waals surface area contributed by atoms with Crippen LogP contribution in [0.4, 0.5) is 9.80 Å². The minimum Gasteiger partial charge on any atom is -0.480 e. The smallest absolute Gasteiger partial charge is 0.320 e. The van der Waals surface area contributed by atoms with E-state index in [0.717, 1.165) is 16.0 Å². The summed E-state index contributed by atoms with van der Waals surface area (Å²) >= 11 is 1.21. The fourth-order valence-electron chi connectivity index (χ4n) is 2.93. The van der Waals surface area contributed by atoms with Gasteiger partial charge in [-0.3, -0.25) is 14.9 Å². The van der Waals surface area contributed by atoms with Crippen LogP contribution in [0.2, 0.25) is 0 Å². The highest BCUT2D eigenvalue weighted by Crippen LogP contribution is 2.35. The molecule has 9 heteroatoms. The number of nitrogens with two attached hydrogens (primary N) is 2. The van der Waals surface area contributed by atoms with Gasteiger partial charge in [0.15, 0.2) is 0 Å². The number of carbonyl (C=O) groups is 3. The summed E-state index contributed by atoms with van der Waals surface area (Å²) in [4.78, 5) is 34.9. The lowest BCUT2D eigenvalue weighted by Gasteiger charge is -2.16. The molecule has 7 N–H and O–H groups in total. The zero-order valence-corrected chi connectivity index (χ0v) is 17.2. The molecule has 156 valence electrons. The lowest BCUT2D eigenvalue weighted by atomic mass is 10.0. The van der Waals surface area contributed by atoms with E-state index < -0.39 is 23.9 Å². The number of thiophene rings is 1. The van der Waals surface area contributed by atoms with E-state index in [1.165, 1.54) is 11.3 Å². The molecule has 1 atom stereocenters. The molecule has 0 saturated carbocycles. The van der Waals surface area contributed by atoms with Crippen LogP contribution in [0.1, 0.15) is 36.2 Å². The minimum atomic E-state index is -0.848. The van der Waals surface area contributed by atoms with E-state index in [-0.39, 0.29) is 11.5 Å². The average Bonchev–Trinajstić information content (AvgIpc) is 3.04. The number of aliphatic carboxylic acids is 1. The molecule has 2 aromatic rings. The molecule has 0 aliphatic rings. The monoisotopic (exact) mass is 418 g/mol. The lowest BCUT2D eigenvalue weighted by molar-refractivity contribution is -0.139. The summed E-state index contributed by atoms with van der Waals surface area (Å²) in [6.07, 6.45) is 1.21. The first-order chi connectivity index (χ1) is 13.7. The number of amides is 3. The number of carbonyl (C=O) groups excluding carboxylic acids is 2. The summed E-state index contributed by atoms with van der Waals surface area (Å²) in [5, 5.41) is 15.1. The van der Waals surface area contributed by atoms with Crippen molar-refractivity contribution < 1.29 is 19.5 Å². The van der Waals surface area contributed by atoms with E-state index in [2.05, 4.69) is 10.6 Å². The topological polar surface area (TPSA) is 148 Å². The first-order valence-electron chi connectivity index (χ1n) is 9.23. The lowest BCUT2D eigenvalue weighted by Crippen LogP contribution is -2.38. The molecule has 0 aliphatic heterocycles. The summed E-state index contributed by atoms with van der Waals surface area (Å²) in [5.41, 5.74) is 12.6. The second kappa shape index (κ2) is 10.0. The highest BCUT2D eigenvalue weighted by Gasteiger charge is 2.18. The molecule has 2 rings (SSSR count). The summed E-state index contributed by atoms with van der Waals surface area (Å²) < 4.78 is 0. The largest absolute Gasteiger partial charge is 0.480 e. The van der Waals surface area contributed by atoms with E-state index in [9.17, 15) is 19.5 Å². The maximum atomic E-state index is 11.6. The van der Waals surface area contributed by atoms with Crippen LogP contribution < -0.4 is 22.1 Å². The van der Waals surface area contributed by atoms with Gasteiger partial charge in [-0.15, -0.1) is 11.3 Å². The molecule has 29 heavy (non-hydrogen) atoms. The first-order valence-corrected chi connectivity index (χ1v) is 10.0. The standard InChI is InChI=1S/C20H26N4O4S/c1-11(2)8-15(19(26)27)23-7-6-12-4-3-5-13(9-12)16-10-14(17(21)25)18(29-16)24-20(22)28/h3-5,9-11,15,23H,6-8H2,1-2H3,(H2,21,25)(H,26,27)(H3,22,24,28). The van der Waals surface area contributed by atoms with Crippen LogP contribution >= 0.6 is 11.3 Å². The number of hydrogen-bond acceptors (Lipinski definition) is 5. The van der Waals surface area contributed by atoms with Crippen molar-refractivity contribution >= 4 is 34.2 Å². The summed E-state index contributed by atoms with van der Waals surface area (Å²) in [5.74, 6) is -1.21. The molecule has 8 nitrogen and oxygen atoms in total. The van der Waals surface area contributed by atoms with Gasteiger partial charge in [-0.05, 0) is 42.5 Å². The Labute approximate surface area is 173 Å². The molecule has 1 heterocycles. The van der Waals surface area contributed by atoms with Gasteiger partial charge in [0.1, 0.15) is 11.0 Å². The maximum Gasteiger partial charge on any atom is 0.320 e. The number of primary amides is 2. The van der Waals surface area contributed by atoms with Gasteiger partial charge in [-0.1, -0.05) is 38.1 Å². The van der Waals surface area contributed by atoms with Gasteiger partial charge in [0.05, 0.1) is 5.56 Å². The van der Waals surface area contributed by atoms with Crippen molar-refractivity contribution in [1.29, 1.82) is 0 Å². The van der Waals surface area contributed by atoms with Gasteiger partial charge in [-0.2, -0.15) is 0 Å². The van der Waals surface area contributed by atoms with Crippen LogP contribution in [-0.4, -0.2) is 35.6 Å². The second-order valence-electron chi connectivity index (χ2n) is 7.13. The number of anilines is 1. The van der Waals surface area contributed by atoms with Crippen molar-refractivity contribution in [3.05, 3.63) is 41.5 Å². The Balaban J connectivity index is 2.12. The van der Waals surface area contributed by atoms with Crippen LogP contribution in [0.5, 0.6) is 0 Å². The van der Waals surface area contributed by atoms with Crippen LogP contribution in [0.3, 0.4) is 0 Å². The molecule has 3 amide bonds. The van der Waals surface area contributed by atoms with Crippen LogP contribution in [0.25, 0.3) is 10.4 Å². The number of hydrogen-bond donors (Lipinski definition) is 5. The number of carboxylic acids is 1. The van der Waals surface area contributed by atoms with E-state index in [0.29, 0.717) is 24.4 Å². The first kappa shape index (κ1) is 22.4. The fraction of sp³-hybridized carbons (Fsp3) is 0.350. The second-order valence-corrected chi connectivity index (χ2v) is 8.18. The van der Waals surface area contributed by atoms with Crippen molar-refractivity contribution in [2.45, 2.75) is 32.7 Å². The molecule has 0 saturated heterocycles. The molecule has 0 fully saturated rings. The quantitative estimate of drug-likeness (QED) is 0.402. The minimum absolute atomic E-state index is 0.203. The van der Waals surface area contributed by atoms with Crippen molar-refractivity contribution in [1.82, 2.24) is 5.32 Å². The SMILES string of the molecule is CC(C)CC(NCCc1cccc(-c2cc(C(N)=O)c(NC(N)=O)s2)c1)C(=O)O. The molecule has 1 aromatic heterocycles. The number of urea groups is 1. The predicted octanol–water partition coefficient (Wildman–Crippen LogP) is 2.64. The number of benzene rings is 1. The van der Waals surface area contributed by atoms with Gasteiger partial charge in [-0.25, -0.2) is 4.79 Å². The van der Waals surface area contributed by atoms with Crippen molar-refractivity contribution in [2.24, 2.45) is 17.4 Å². The molecular formula is C20H26N4O4S. The average molecular weight is 419 g/mol. The summed E-state index contributed by atoms with van der Waals surface area (Å²) in [6.45, 7) is 4.51. The van der Waals surface area contributed by atoms with Crippen molar-refractivity contribution in [3.63, 3.8) is 0 Å². The Morgan fingerprint density at radius 2 is 1.90 bits per heavy atom. The summed E-state index contributed by atoms with van der Waals surface area (Å²) in [6, 6.07) is 7.97. The number of carboxylic acid groups (broad SMARTS) is 1. The highest BCUT2D eigenvalue weighted by atomic mass is 32.1.